The van der Waals surface area contributed by atoms with Crippen LogP contribution in [0.25, 0.3) is 0 Å². The van der Waals surface area contributed by atoms with Gasteiger partial charge in [-0.25, -0.2) is 4.79 Å². The SMILES string of the molecule is CCCCC(CCOC(=O)O)OCCOCC. The van der Waals surface area contributed by atoms with E-state index in [9.17, 15) is 4.79 Å². The van der Waals surface area contributed by atoms with Crippen molar-refractivity contribution in [3.05, 3.63) is 0 Å². The minimum absolute atomic E-state index is 0.0646. The van der Waals surface area contributed by atoms with Crippen LogP contribution in [0.15, 0.2) is 0 Å². The quantitative estimate of drug-likeness (QED) is 0.450. The lowest BCUT2D eigenvalue weighted by Gasteiger charge is -2.17. The van der Waals surface area contributed by atoms with Gasteiger partial charge in [-0.2, -0.15) is 0 Å². The molecular formula is C12H24O5. The molecule has 0 heterocycles. The van der Waals surface area contributed by atoms with Gasteiger partial charge in [0, 0.05) is 13.0 Å². The molecule has 0 saturated carbocycles. The Hall–Kier alpha value is -0.810. The predicted molar refractivity (Wildman–Crippen MR) is 64.4 cm³/mol. The maximum absolute atomic E-state index is 10.2. The first kappa shape index (κ1) is 16.2. The van der Waals surface area contributed by atoms with E-state index in [4.69, 9.17) is 14.6 Å². The van der Waals surface area contributed by atoms with E-state index in [1.54, 1.807) is 0 Å². The van der Waals surface area contributed by atoms with Crippen LogP contribution < -0.4 is 0 Å². The normalized spacial score (nSPS) is 12.4. The van der Waals surface area contributed by atoms with Crippen LogP contribution in [-0.2, 0) is 14.2 Å². The third kappa shape index (κ3) is 11.5. The van der Waals surface area contributed by atoms with E-state index < -0.39 is 6.16 Å². The highest BCUT2D eigenvalue weighted by atomic mass is 16.7. The second-order valence-electron chi connectivity index (χ2n) is 3.73. The van der Waals surface area contributed by atoms with E-state index in [0.717, 1.165) is 19.3 Å². The Labute approximate surface area is 103 Å². The van der Waals surface area contributed by atoms with Crippen molar-refractivity contribution in [3.8, 4) is 0 Å². The average molecular weight is 248 g/mol. The van der Waals surface area contributed by atoms with Crippen LogP contribution in [0.4, 0.5) is 4.79 Å². The van der Waals surface area contributed by atoms with Crippen molar-refractivity contribution < 1.29 is 24.1 Å². The molecule has 1 atom stereocenters. The van der Waals surface area contributed by atoms with Gasteiger partial charge in [-0.1, -0.05) is 19.8 Å². The van der Waals surface area contributed by atoms with E-state index in [1.807, 2.05) is 6.92 Å². The van der Waals surface area contributed by atoms with Crippen molar-refractivity contribution in [1.82, 2.24) is 0 Å². The summed E-state index contributed by atoms with van der Waals surface area (Å²) in [5.41, 5.74) is 0. The molecule has 0 aliphatic heterocycles. The molecule has 0 aromatic carbocycles. The van der Waals surface area contributed by atoms with Gasteiger partial charge < -0.3 is 19.3 Å². The molecule has 0 aliphatic carbocycles. The molecule has 0 fully saturated rings. The van der Waals surface area contributed by atoms with Crippen molar-refractivity contribution >= 4 is 6.16 Å². The highest BCUT2D eigenvalue weighted by molar-refractivity contribution is 5.56. The molecule has 102 valence electrons. The van der Waals surface area contributed by atoms with Gasteiger partial charge in [0.2, 0.25) is 0 Å². The summed E-state index contributed by atoms with van der Waals surface area (Å²) in [6.45, 7) is 6.07. The number of hydrogen-bond donors (Lipinski definition) is 1. The lowest BCUT2D eigenvalue weighted by molar-refractivity contribution is -0.0109. The number of rotatable bonds is 11. The average Bonchev–Trinajstić information content (AvgIpc) is 2.30. The lowest BCUT2D eigenvalue weighted by atomic mass is 10.1. The van der Waals surface area contributed by atoms with E-state index in [2.05, 4.69) is 11.7 Å². The van der Waals surface area contributed by atoms with Crippen LogP contribution in [0.2, 0.25) is 0 Å². The van der Waals surface area contributed by atoms with Crippen LogP contribution >= 0.6 is 0 Å². The number of unbranched alkanes of at least 4 members (excludes halogenated alkanes) is 1. The Morgan fingerprint density at radius 1 is 1.18 bits per heavy atom. The number of carbonyl (C=O) groups is 1. The molecule has 1 unspecified atom stereocenters. The highest BCUT2D eigenvalue weighted by Crippen LogP contribution is 2.09. The summed E-state index contributed by atoms with van der Waals surface area (Å²) < 4.78 is 15.3. The molecule has 0 bridgehead atoms. The van der Waals surface area contributed by atoms with Gasteiger partial charge in [0.15, 0.2) is 0 Å². The van der Waals surface area contributed by atoms with Gasteiger partial charge in [-0.05, 0) is 13.3 Å². The summed E-state index contributed by atoms with van der Waals surface area (Å²) in [4.78, 5) is 10.2. The number of carboxylic acid groups (broad SMARTS) is 1. The first-order valence-electron chi connectivity index (χ1n) is 6.25. The fraction of sp³-hybridized carbons (Fsp3) is 0.917. The van der Waals surface area contributed by atoms with E-state index >= 15 is 0 Å². The monoisotopic (exact) mass is 248 g/mol. The second-order valence-corrected chi connectivity index (χ2v) is 3.73. The summed E-state index contributed by atoms with van der Waals surface area (Å²) >= 11 is 0. The van der Waals surface area contributed by atoms with Crippen molar-refractivity contribution in [3.63, 3.8) is 0 Å². The molecule has 5 nitrogen and oxygen atoms in total. The topological polar surface area (TPSA) is 65.0 Å². The predicted octanol–water partition coefficient (Wildman–Crippen LogP) is 2.68. The fourth-order valence-corrected chi connectivity index (χ4v) is 1.44. The number of hydrogen-bond acceptors (Lipinski definition) is 4. The second kappa shape index (κ2) is 11.7. The van der Waals surface area contributed by atoms with E-state index in [-0.39, 0.29) is 12.7 Å². The smallest absolute Gasteiger partial charge is 0.450 e. The summed E-state index contributed by atoms with van der Waals surface area (Å²) in [5.74, 6) is 0. The maximum atomic E-state index is 10.2. The Balaban J connectivity index is 3.67. The van der Waals surface area contributed by atoms with Gasteiger partial charge in [-0.3, -0.25) is 0 Å². The first-order chi connectivity index (χ1) is 8.20. The minimum Gasteiger partial charge on any atom is -0.450 e. The zero-order chi connectivity index (χ0) is 12.9. The summed E-state index contributed by atoms with van der Waals surface area (Å²) in [7, 11) is 0. The first-order valence-corrected chi connectivity index (χ1v) is 6.25. The van der Waals surface area contributed by atoms with Crippen molar-refractivity contribution in [2.24, 2.45) is 0 Å². The fourth-order valence-electron chi connectivity index (χ4n) is 1.44. The summed E-state index contributed by atoms with van der Waals surface area (Å²) in [6.07, 6.45) is 2.56. The molecule has 5 heteroatoms. The van der Waals surface area contributed by atoms with Crippen molar-refractivity contribution in [2.45, 2.75) is 45.6 Å². The van der Waals surface area contributed by atoms with Crippen LogP contribution in [0.3, 0.4) is 0 Å². The van der Waals surface area contributed by atoms with Gasteiger partial charge in [0.05, 0.1) is 25.9 Å². The molecule has 17 heavy (non-hydrogen) atoms. The van der Waals surface area contributed by atoms with E-state index in [0.29, 0.717) is 26.2 Å². The molecule has 0 aromatic heterocycles. The van der Waals surface area contributed by atoms with Crippen molar-refractivity contribution in [1.29, 1.82) is 0 Å². The van der Waals surface area contributed by atoms with Gasteiger partial charge in [-0.15, -0.1) is 0 Å². The van der Waals surface area contributed by atoms with Crippen LogP contribution in [0.1, 0.15) is 39.5 Å². The molecular weight excluding hydrogens is 224 g/mol. The maximum Gasteiger partial charge on any atom is 0.505 e. The van der Waals surface area contributed by atoms with Crippen LogP contribution in [-0.4, -0.2) is 43.8 Å². The molecule has 1 N–H and O–H groups in total. The Bertz CT molecular complexity index is 184. The molecule has 0 spiro atoms. The molecule has 0 aromatic rings. The zero-order valence-corrected chi connectivity index (χ0v) is 10.8. The molecule has 0 radical (unpaired) electrons. The molecule has 0 amide bonds. The lowest BCUT2D eigenvalue weighted by Crippen LogP contribution is -2.19. The highest BCUT2D eigenvalue weighted by Gasteiger charge is 2.09. The standard InChI is InChI=1S/C12H24O5/c1-3-5-6-11(7-8-17-12(13)14)16-10-9-15-4-2/h11H,3-10H2,1-2H3,(H,13,14). The minimum atomic E-state index is -1.23. The van der Waals surface area contributed by atoms with Crippen molar-refractivity contribution in [2.75, 3.05) is 26.4 Å². The van der Waals surface area contributed by atoms with Crippen LogP contribution in [0, 0.1) is 0 Å². The molecule has 0 aliphatic rings. The molecule has 0 saturated heterocycles. The van der Waals surface area contributed by atoms with E-state index in [1.165, 1.54) is 0 Å². The Morgan fingerprint density at radius 3 is 2.53 bits per heavy atom. The Kier molecular flexibility index (Phi) is 11.1. The zero-order valence-electron chi connectivity index (χ0n) is 10.8. The molecule has 0 rings (SSSR count). The largest absolute Gasteiger partial charge is 0.505 e. The van der Waals surface area contributed by atoms with Gasteiger partial charge >= 0.3 is 6.16 Å². The third-order valence-corrected chi connectivity index (χ3v) is 2.33. The number of ether oxygens (including phenoxy) is 3. The van der Waals surface area contributed by atoms with Crippen LogP contribution in [0.5, 0.6) is 0 Å². The Morgan fingerprint density at radius 2 is 1.94 bits per heavy atom. The summed E-state index contributed by atoms with van der Waals surface area (Å²) in [6, 6.07) is 0. The van der Waals surface area contributed by atoms with Gasteiger partial charge in [0.1, 0.15) is 0 Å². The summed E-state index contributed by atoms with van der Waals surface area (Å²) in [5, 5.41) is 8.37. The van der Waals surface area contributed by atoms with Gasteiger partial charge in [0.25, 0.3) is 0 Å². The third-order valence-electron chi connectivity index (χ3n) is 2.33.